The number of hydrogen-bond acceptors (Lipinski definition) is 5. The molecule has 0 bridgehead atoms. The average molecular weight is 403 g/mol. The lowest BCUT2D eigenvalue weighted by Crippen LogP contribution is -2.45. The molecule has 150 valence electrons. The van der Waals surface area contributed by atoms with Crippen LogP contribution in [0, 0.1) is 5.92 Å². The standard InChI is InChI=1S/C21H26N2O4S/c1-16(2)13-23(18-9-11-28(25,26)15-18)21(24)14-27-20-12-22-10-8-19(20)17-6-4-3-5-7-17/h3-8,10,12,16,18H,9,11,13-15H2,1-2H3/t18-/m0/s1. The van der Waals surface area contributed by atoms with E-state index < -0.39 is 9.84 Å². The lowest BCUT2D eigenvalue weighted by atomic mass is 10.1. The molecule has 2 heterocycles. The maximum atomic E-state index is 12.9. The number of rotatable bonds is 7. The third-order valence-electron chi connectivity index (χ3n) is 4.75. The molecule has 1 aromatic carbocycles. The van der Waals surface area contributed by atoms with Crippen LogP contribution in [0.5, 0.6) is 5.75 Å². The van der Waals surface area contributed by atoms with Crippen molar-refractivity contribution in [1.82, 2.24) is 9.88 Å². The Bertz CT molecular complexity index is 913. The molecule has 0 radical (unpaired) electrons. The van der Waals surface area contributed by atoms with E-state index in [-0.39, 0.29) is 36.0 Å². The van der Waals surface area contributed by atoms with Crippen molar-refractivity contribution in [3.05, 3.63) is 48.8 Å². The largest absolute Gasteiger partial charge is 0.482 e. The Kier molecular flexibility index (Phi) is 6.34. The van der Waals surface area contributed by atoms with Crippen molar-refractivity contribution in [3.8, 4) is 16.9 Å². The van der Waals surface area contributed by atoms with E-state index in [4.69, 9.17) is 4.74 Å². The molecule has 1 aliphatic rings. The topological polar surface area (TPSA) is 76.6 Å². The highest BCUT2D eigenvalue weighted by atomic mass is 32.2. The van der Waals surface area contributed by atoms with E-state index in [1.54, 1.807) is 17.3 Å². The Morgan fingerprint density at radius 2 is 2.00 bits per heavy atom. The van der Waals surface area contributed by atoms with Crippen molar-refractivity contribution >= 4 is 15.7 Å². The predicted molar refractivity (Wildman–Crippen MR) is 109 cm³/mol. The summed E-state index contributed by atoms with van der Waals surface area (Å²) in [7, 11) is -3.06. The lowest BCUT2D eigenvalue weighted by molar-refractivity contribution is -0.135. The van der Waals surface area contributed by atoms with Crippen LogP contribution in [-0.4, -0.2) is 54.9 Å². The minimum atomic E-state index is -3.06. The Morgan fingerprint density at radius 1 is 1.25 bits per heavy atom. The number of carbonyl (C=O) groups excluding carboxylic acids is 1. The molecule has 0 N–H and O–H groups in total. The van der Waals surface area contributed by atoms with Gasteiger partial charge in [0.1, 0.15) is 5.75 Å². The lowest BCUT2D eigenvalue weighted by Gasteiger charge is -2.30. The molecule has 3 rings (SSSR count). The molecule has 1 amide bonds. The molecule has 7 heteroatoms. The minimum absolute atomic E-state index is 0.0353. The van der Waals surface area contributed by atoms with Gasteiger partial charge in [-0.05, 0) is 24.0 Å². The Morgan fingerprint density at radius 3 is 2.64 bits per heavy atom. The Labute approximate surface area is 166 Å². The van der Waals surface area contributed by atoms with Crippen LogP contribution >= 0.6 is 0 Å². The highest BCUT2D eigenvalue weighted by Gasteiger charge is 2.35. The first-order chi connectivity index (χ1) is 13.4. The SMILES string of the molecule is CC(C)CN(C(=O)COc1cnccc1-c1ccccc1)[C@H]1CCS(=O)(=O)C1. The summed E-state index contributed by atoms with van der Waals surface area (Å²) in [5.74, 6) is 0.754. The summed E-state index contributed by atoms with van der Waals surface area (Å²) in [5.41, 5.74) is 1.84. The number of sulfone groups is 1. The summed E-state index contributed by atoms with van der Waals surface area (Å²) in [6, 6.07) is 11.3. The first-order valence-corrected chi connectivity index (χ1v) is 11.3. The molecular weight excluding hydrogens is 376 g/mol. The van der Waals surface area contributed by atoms with Gasteiger partial charge in [0.2, 0.25) is 0 Å². The van der Waals surface area contributed by atoms with E-state index in [0.717, 1.165) is 11.1 Å². The van der Waals surface area contributed by atoms with Crippen molar-refractivity contribution in [3.63, 3.8) is 0 Å². The monoisotopic (exact) mass is 402 g/mol. The molecule has 1 atom stereocenters. The van der Waals surface area contributed by atoms with Gasteiger partial charge in [-0.2, -0.15) is 0 Å². The molecule has 0 spiro atoms. The second-order valence-electron chi connectivity index (χ2n) is 7.52. The molecule has 1 aromatic heterocycles. The zero-order chi connectivity index (χ0) is 20.1. The summed E-state index contributed by atoms with van der Waals surface area (Å²) in [5, 5.41) is 0. The second kappa shape index (κ2) is 8.73. The molecule has 0 aliphatic carbocycles. The molecular formula is C21H26N2O4S. The minimum Gasteiger partial charge on any atom is -0.482 e. The third kappa shape index (κ3) is 5.10. The van der Waals surface area contributed by atoms with E-state index >= 15 is 0 Å². The third-order valence-corrected chi connectivity index (χ3v) is 6.50. The van der Waals surface area contributed by atoms with Gasteiger partial charge in [0.15, 0.2) is 16.4 Å². The number of benzene rings is 1. The summed E-state index contributed by atoms with van der Waals surface area (Å²) in [4.78, 5) is 18.7. The molecule has 2 aromatic rings. The van der Waals surface area contributed by atoms with Crippen LogP contribution in [0.3, 0.4) is 0 Å². The molecule has 1 fully saturated rings. The molecule has 0 saturated carbocycles. The van der Waals surface area contributed by atoms with Crippen molar-refractivity contribution < 1.29 is 17.9 Å². The van der Waals surface area contributed by atoms with Crippen molar-refractivity contribution in [2.24, 2.45) is 5.92 Å². The van der Waals surface area contributed by atoms with Crippen molar-refractivity contribution in [1.29, 1.82) is 0 Å². The van der Waals surface area contributed by atoms with Gasteiger partial charge in [0.25, 0.3) is 5.91 Å². The van der Waals surface area contributed by atoms with Gasteiger partial charge in [0, 0.05) is 24.3 Å². The highest BCUT2D eigenvalue weighted by molar-refractivity contribution is 7.91. The summed E-state index contributed by atoms with van der Waals surface area (Å²) in [6.07, 6.45) is 3.77. The highest BCUT2D eigenvalue weighted by Crippen LogP contribution is 2.29. The van der Waals surface area contributed by atoms with Crippen LogP contribution in [0.1, 0.15) is 20.3 Å². The van der Waals surface area contributed by atoms with Gasteiger partial charge in [-0.15, -0.1) is 0 Å². The van der Waals surface area contributed by atoms with Crippen LogP contribution in [0.2, 0.25) is 0 Å². The van der Waals surface area contributed by atoms with E-state index in [9.17, 15) is 13.2 Å². The van der Waals surface area contributed by atoms with Crippen LogP contribution in [0.15, 0.2) is 48.8 Å². The van der Waals surface area contributed by atoms with Gasteiger partial charge in [-0.3, -0.25) is 9.78 Å². The first-order valence-electron chi connectivity index (χ1n) is 9.48. The van der Waals surface area contributed by atoms with Crippen LogP contribution in [-0.2, 0) is 14.6 Å². The number of ether oxygens (including phenoxy) is 1. The maximum Gasteiger partial charge on any atom is 0.260 e. The van der Waals surface area contributed by atoms with Crippen molar-refractivity contribution in [2.75, 3.05) is 24.7 Å². The molecule has 6 nitrogen and oxygen atoms in total. The van der Waals surface area contributed by atoms with Crippen molar-refractivity contribution in [2.45, 2.75) is 26.3 Å². The van der Waals surface area contributed by atoms with Crippen LogP contribution in [0.4, 0.5) is 0 Å². The van der Waals surface area contributed by atoms with Gasteiger partial charge >= 0.3 is 0 Å². The zero-order valence-corrected chi connectivity index (χ0v) is 17.1. The number of carbonyl (C=O) groups is 1. The van der Waals surface area contributed by atoms with E-state index in [1.807, 2.05) is 50.2 Å². The van der Waals surface area contributed by atoms with Gasteiger partial charge < -0.3 is 9.64 Å². The fourth-order valence-electron chi connectivity index (χ4n) is 3.44. The second-order valence-corrected chi connectivity index (χ2v) is 9.75. The fraction of sp³-hybridized carbons (Fsp3) is 0.429. The number of hydrogen-bond donors (Lipinski definition) is 0. The number of aromatic nitrogens is 1. The maximum absolute atomic E-state index is 12.9. The number of amides is 1. The number of pyridine rings is 1. The number of nitrogens with zero attached hydrogens (tertiary/aromatic N) is 2. The van der Waals surface area contributed by atoms with Gasteiger partial charge in [0.05, 0.1) is 17.7 Å². The van der Waals surface area contributed by atoms with E-state index in [0.29, 0.717) is 18.7 Å². The van der Waals surface area contributed by atoms with Gasteiger partial charge in [-0.25, -0.2) is 8.42 Å². The van der Waals surface area contributed by atoms with Gasteiger partial charge in [-0.1, -0.05) is 44.2 Å². The normalized spacial score (nSPS) is 18.2. The summed E-state index contributed by atoms with van der Waals surface area (Å²) < 4.78 is 29.5. The van der Waals surface area contributed by atoms with E-state index in [2.05, 4.69) is 4.98 Å². The van der Waals surface area contributed by atoms with Crippen LogP contribution < -0.4 is 4.74 Å². The Balaban J connectivity index is 1.73. The molecule has 1 aliphatic heterocycles. The molecule has 0 unspecified atom stereocenters. The Hall–Kier alpha value is -2.41. The van der Waals surface area contributed by atoms with Crippen LogP contribution in [0.25, 0.3) is 11.1 Å². The summed E-state index contributed by atoms with van der Waals surface area (Å²) in [6.45, 7) is 4.40. The fourth-order valence-corrected chi connectivity index (χ4v) is 5.17. The predicted octanol–water partition coefficient (Wildman–Crippen LogP) is 2.80. The molecule has 1 saturated heterocycles. The van der Waals surface area contributed by atoms with E-state index in [1.165, 1.54) is 0 Å². The quantitative estimate of drug-likeness (QED) is 0.712. The summed E-state index contributed by atoms with van der Waals surface area (Å²) >= 11 is 0. The first kappa shape index (κ1) is 20.3. The molecule has 28 heavy (non-hydrogen) atoms. The smallest absolute Gasteiger partial charge is 0.260 e. The zero-order valence-electron chi connectivity index (χ0n) is 16.2. The average Bonchev–Trinajstić information content (AvgIpc) is 3.04.